The predicted molar refractivity (Wildman–Crippen MR) is 203 cm³/mol. The number of unbranched alkanes of at least 4 members (excludes halogenated alkanes) is 5. The number of ketones is 2. The van der Waals surface area contributed by atoms with E-state index in [0.29, 0.717) is 40.2 Å². The predicted octanol–water partition coefficient (Wildman–Crippen LogP) is 3.92. The highest BCUT2D eigenvalue weighted by Crippen LogP contribution is 2.40. The van der Waals surface area contributed by atoms with E-state index in [1.807, 2.05) is 0 Å². The summed E-state index contributed by atoms with van der Waals surface area (Å²) in [5, 5.41) is 12.6. The Balaban J connectivity index is 2.13. The van der Waals surface area contributed by atoms with Gasteiger partial charge in [-0.2, -0.15) is 0 Å². The third-order valence-electron chi connectivity index (χ3n) is 9.60. The molecular weight excluding hydrogens is 678 g/mol. The largest absolute Gasteiger partial charge is 0.492 e. The maximum atomic E-state index is 14.3. The second-order valence-corrected chi connectivity index (χ2v) is 13.9. The Bertz CT molecular complexity index is 1550. The van der Waals surface area contributed by atoms with Crippen LogP contribution in [0.2, 0.25) is 0 Å². The standard InChI is InChI=1S/C40H59N5O8/c1-4-5-6-7-8-9-10-30(46)24-29(15-16-41)39(49)45(3)37-28-12-14-36(53-20-18-43)32(25-28)31-22-27(11-13-35(31)52-19-17-42)23-33(40(50)51)44-38(48)26(2)21-34(37)47/h11-14,22,25-26,29,33,37H,4-10,15-21,23-24,41-43H2,1-3H3,(H,44,48)(H,50,51)/t26-,29-,33+,37+/m1/s1. The normalized spacial score (nSPS) is 18.0. The van der Waals surface area contributed by atoms with E-state index in [1.54, 1.807) is 43.3 Å². The van der Waals surface area contributed by atoms with E-state index in [-0.39, 0.29) is 64.3 Å². The first-order valence-electron chi connectivity index (χ1n) is 18.9. The number of nitrogens with two attached hydrogens (primary N) is 3. The first-order chi connectivity index (χ1) is 25.4. The minimum Gasteiger partial charge on any atom is -0.492 e. The second-order valence-electron chi connectivity index (χ2n) is 13.9. The molecule has 4 bridgehead atoms. The van der Waals surface area contributed by atoms with Crippen molar-refractivity contribution in [1.29, 1.82) is 0 Å². The van der Waals surface area contributed by atoms with Gasteiger partial charge in [0.1, 0.15) is 42.6 Å². The number of hydrogen-bond donors (Lipinski definition) is 5. The number of aliphatic carboxylic acids is 1. The van der Waals surface area contributed by atoms with Gasteiger partial charge in [-0.25, -0.2) is 4.79 Å². The molecule has 13 nitrogen and oxygen atoms in total. The Morgan fingerprint density at radius 2 is 1.51 bits per heavy atom. The number of rotatable bonds is 20. The molecule has 2 aromatic rings. The summed E-state index contributed by atoms with van der Waals surface area (Å²) in [6.45, 7) is 4.71. The number of ether oxygens (including phenoxy) is 2. The fraction of sp³-hybridized carbons (Fsp3) is 0.575. The molecule has 1 aliphatic rings. The summed E-state index contributed by atoms with van der Waals surface area (Å²) in [5.41, 5.74) is 19.6. The van der Waals surface area contributed by atoms with Crippen LogP contribution >= 0.6 is 0 Å². The maximum absolute atomic E-state index is 14.3. The number of carboxylic acids is 1. The number of benzene rings is 2. The molecule has 1 heterocycles. The van der Waals surface area contributed by atoms with E-state index in [2.05, 4.69) is 12.2 Å². The molecule has 0 saturated carbocycles. The summed E-state index contributed by atoms with van der Waals surface area (Å²) in [7, 11) is 1.52. The molecule has 13 heteroatoms. The minimum absolute atomic E-state index is 0.0113. The molecule has 0 aliphatic carbocycles. The lowest BCUT2D eigenvalue weighted by Gasteiger charge is -2.32. The van der Waals surface area contributed by atoms with Gasteiger partial charge in [0.15, 0.2) is 5.78 Å². The van der Waals surface area contributed by atoms with Crippen molar-refractivity contribution < 1.29 is 38.6 Å². The van der Waals surface area contributed by atoms with E-state index in [1.165, 1.54) is 18.4 Å². The maximum Gasteiger partial charge on any atom is 0.326 e. The Kier molecular flexibility index (Phi) is 17.9. The lowest BCUT2D eigenvalue weighted by molar-refractivity contribution is -0.144. The van der Waals surface area contributed by atoms with Crippen molar-refractivity contribution in [3.05, 3.63) is 47.5 Å². The van der Waals surface area contributed by atoms with Crippen LogP contribution in [0.15, 0.2) is 36.4 Å². The number of likely N-dealkylation sites (N-methyl/N-ethyl adjacent to an activating group) is 1. The molecule has 2 amide bonds. The molecule has 4 atom stereocenters. The van der Waals surface area contributed by atoms with E-state index in [0.717, 1.165) is 32.1 Å². The lowest BCUT2D eigenvalue weighted by Crippen LogP contribution is -2.45. The number of carbonyl (C=O) groups is 5. The van der Waals surface area contributed by atoms with Gasteiger partial charge in [-0.1, -0.05) is 58.1 Å². The Morgan fingerprint density at radius 3 is 2.13 bits per heavy atom. The van der Waals surface area contributed by atoms with Crippen molar-refractivity contribution >= 4 is 29.4 Å². The molecule has 0 radical (unpaired) electrons. The fourth-order valence-electron chi connectivity index (χ4n) is 6.72. The van der Waals surface area contributed by atoms with E-state index < -0.39 is 47.5 Å². The lowest BCUT2D eigenvalue weighted by atomic mass is 9.88. The summed E-state index contributed by atoms with van der Waals surface area (Å²) < 4.78 is 12.1. The SMILES string of the molecule is CCCCCCCCC(=O)C[C@@H](CCN)C(=O)N(C)[C@@H]1C(=O)C[C@@H](C)C(=O)N[C@H](C(=O)O)Cc2ccc(OCCN)c(c2)-c2cc1ccc2OCCN. The van der Waals surface area contributed by atoms with Crippen LogP contribution in [0.25, 0.3) is 11.1 Å². The second kappa shape index (κ2) is 22.0. The average Bonchev–Trinajstić information content (AvgIpc) is 3.13. The van der Waals surface area contributed by atoms with Crippen molar-refractivity contribution in [3.8, 4) is 22.6 Å². The van der Waals surface area contributed by atoms with Gasteiger partial charge in [-0.15, -0.1) is 0 Å². The highest BCUT2D eigenvalue weighted by Gasteiger charge is 2.36. The van der Waals surface area contributed by atoms with Gasteiger partial charge in [0, 0.05) is 68.8 Å². The van der Waals surface area contributed by atoms with Crippen LogP contribution in [0.3, 0.4) is 0 Å². The molecule has 0 unspecified atom stereocenters. The zero-order chi connectivity index (χ0) is 38.9. The van der Waals surface area contributed by atoms with Gasteiger partial charge in [-0.3, -0.25) is 19.2 Å². The van der Waals surface area contributed by atoms with Crippen LogP contribution in [0.4, 0.5) is 0 Å². The molecule has 0 aromatic heterocycles. The number of nitrogens with one attached hydrogen (secondary N) is 1. The third kappa shape index (κ3) is 12.6. The Morgan fingerprint density at radius 1 is 0.887 bits per heavy atom. The first-order valence-corrected chi connectivity index (χ1v) is 18.9. The van der Waals surface area contributed by atoms with Crippen molar-refractivity contribution in [3.63, 3.8) is 0 Å². The van der Waals surface area contributed by atoms with Gasteiger partial charge in [-0.05, 0) is 54.8 Å². The van der Waals surface area contributed by atoms with E-state index in [4.69, 9.17) is 26.7 Å². The topological polar surface area (TPSA) is 217 Å². The number of amides is 2. The average molecular weight is 738 g/mol. The van der Waals surface area contributed by atoms with Crippen LogP contribution in [0.1, 0.15) is 95.2 Å². The molecule has 0 fully saturated rings. The summed E-state index contributed by atoms with van der Waals surface area (Å²) in [5.74, 6) is -3.50. The van der Waals surface area contributed by atoms with Crippen LogP contribution < -0.4 is 32.0 Å². The number of carboxylic acid groups (broad SMARTS) is 1. The monoisotopic (exact) mass is 737 g/mol. The molecular formula is C40H59N5O8. The van der Waals surface area contributed by atoms with Gasteiger partial charge in [0.25, 0.3) is 0 Å². The van der Waals surface area contributed by atoms with Crippen molar-refractivity contribution in [2.75, 3.05) is 39.9 Å². The van der Waals surface area contributed by atoms with Gasteiger partial charge in [0.2, 0.25) is 11.8 Å². The quantitative estimate of drug-likeness (QED) is 0.123. The number of fused-ring (bicyclic) bond motifs is 5. The highest BCUT2D eigenvalue weighted by molar-refractivity contribution is 5.95. The third-order valence-corrected chi connectivity index (χ3v) is 9.60. The number of nitrogens with zero attached hydrogens (tertiary/aromatic N) is 1. The smallest absolute Gasteiger partial charge is 0.326 e. The highest BCUT2D eigenvalue weighted by atomic mass is 16.5. The molecule has 0 spiro atoms. The van der Waals surface area contributed by atoms with Gasteiger partial charge in [0.05, 0.1) is 0 Å². The van der Waals surface area contributed by atoms with Crippen molar-refractivity contribution in [2.24, 2.45) is 29.0 Å². The van der Waals surface area contributed by atoms with Crippen LogP contribution in [0.5, 0.6) is 11.5 Å². The summed E-state index contributed by atoms with van der Waals surface area (Å²) in [6.07, 6.45) is 6.53. The Labute approximate surface area is 313 Å². The van der Waals surface area contributed by atoms with Crippen LogP contribution in [0, 0.1) is 11.8 Å². The summed E-state index contributed by atoms with van der Waals surface area (Å²) in [6, 6.07) is 7.89. The summed E-state index contributed by atoms with van der Waals surface area (Å²) >= 11 is 0. The first kappa shape index (κ1) is 43.1. The van der Waals surface area contributed by atoms with E-state index in [9.17, 15) is 29.1 Å². The number of Topliss-reactive ketones (excluding diaryl/α,β-unsaturated/α-hetero) is 2. The zero-order valence-corrected chi connectivity index (χ0v) is 31.6. The zero-order valence-electron chi connectivity index (χ0n) is 31.6. The molecule has 53 heavy (non-hydrogen) atoms. The van der Waals surface area contributed by atoms with Crippen molar-refractivity contribution in [2.45, 2.75) is 96.6 Å². The van der Waals surface area contributed by atoms with Crippen LogP contribution in [-0.2, 0) is 30.4 Å². The Hall–Kier alpha value is -4.33. The molecule has 292 valence electrons. The number of hydrogen-bond acceptors (Lipinski definition) is 10. The molecule has 0 saturated heterocycles. The number of carbonyl (C=O) groups excluding carboxylic acids is 4. The molecule has 3 rings (SSSR count). The molecule has 2 aromatic carbocycles. The molecule has 8 N–H and O–H groups in total. The van der Waals surface area contributed by atoms with Gasteiger partial charge < -0.3 is 42.0 Å². The van der Waals surface area contributed by atoms with E-state index >= 15 is 0 Å². The summed E-state index contributed by atoms with van der Waals surface area (Å²) in [4.78, 5) is 68.7. The van der Waals surface area contributed by atoms with Crippen LogP contribution in [-0.4, -0.2) is 85.3 Å². The fourth-order valence-corrected chi connectivity index (χ4v) is 6.72. The minimum atomic E-state index is -1.28. The van der Waals surface area contributed by atoms with Crippen molar-refractivity contribution in [1.82, 2.24) is 10.2 Å². The van der Waals surface area contributed by atoms with Gasteiger partial charge >= 0.3 is 5.97 Å². The molecule has 1 aliphatic heterocycles.